The summed E-state index contributed by atoms with van der Waals surface area (Å²) < 4.78 is 15.6. The van der Waals surface area contributed by atoms with Crippen molar-refractivity contribution in [3.8, 4) is 11.8 Å². The lowest BCUT2D eigenvalue weighted by atomic mass is 9.98. The van der Waals surface area contributed by atoms with Crippen LogP contribution < -0.4 is 9.97 Å². The smallest absolute Gasteiger partial charge is 0.348 e. The summed E-state index contributed by atoms with van der Waals surface area (Å²) in [5.74, 6) is 5.08. The van der Waals surface area contributed by atoms with Gasteiger partial charge in [-0.25, -0.2) is 4.79 Å². The summed E-state index contributed by atoms with van der Waals surface area (Å²) in [5.41, 5.74) is 0.162. The fourth-order valence-electron chi connectivity index (χ4n) is 2.87. The van der Waals surface area contributed by atoms with Gasteiger partial charge in [0.05, 0.1) is 15.6 Å². The van der Waals surface area contributed by atoms with E-state index in [0.29, 0.717) is 20.9 Å². The molecular weight excluding hydrogens is 448 g/mol. The fourth-order valence-corrected chi connectivity index (χ4v) is 7.16. The maximum Gasteiger partial charge on any atom is 0.348 e. The van der Waals surface area contributed by atoms with E-state index in [0.717, 1.165) is 11.3 Å². The van der Waals surface area contributed by atoms with Gasteiger partial charge in [0.2, 0.25) is 0 Å². The highest BCUT2D eigenvalue weighted by molar-refractivity contribution is 7.72. The Morgan fingerprint density at radius 1 is 1.24 bits per heavy atom. The van der Waals surface area contributed by atoms with E-state index in [-0.39, 0.29) is 21.4 Å². The molecule has 1 atom stereocenters. The number of hydrogen-bond donors (Lipinski definition) is 1. The van der Waals surface area contributed by atoms with Gasteiger partial charge in [-0.1, -0.05) is 35.0 Å². The number of rotatable bonds is 5. The molecule has 156 valence electrons. The van der Waals surface area contributed by atoms with Crippen molar-refractivity contribution in [3.05, 3.63) is 44.1 Å². The molecule has 0 saturated carbocycles. The van der Waals surface area contributed by atoms with Crippen LogP contribution in [0.1, 0.15) is 49.2 Å². The molecule has 8 heteroatoms. The fraction of sp³-hybridized carbons (Fsp3) is 0.381. The standard InChI is InChI=1S/C21H24Cl2NO3PS/c1-13(2)24(28(6,27)18-8-7-14(22)11-16(18)23)17-12-15(9-10-21(3,4)5)29-19(17)20(25)26/h7-8,11-13H,1-6H3,(H,25,26). The molecule has 0 saturated heterocycles. The number of hydrogen-bond acceptors (Lipinski definition) is 3. The first kappa shape index (κ1) is 23.8. The molecule has 2 rings (SSSR count). The monoisotopic (exact) mass is 471 g/mol. The number of nitrogens with zero attached hydrogens (tertiary/aromatic N) is 1. The van der Waals surface area contributed by atoms with Crippen LogP contribution in [0.3, 0.4) is 0 Å². The van der Waals surface area contributed by atoms with E-state index >= 15 is 0 Å². The van der Waals surface area contributed by atoms with E-state index < -0.39 is 13.3 Å². The number of benzene rings is 1. The van der Waals surface area contributed by atoms with Gasteiger partial charge < -0.3 is 9.78 Å². The second kappa shape index (κ2) is 8.74. The maximum absolute atomic E-state index is 14.0. The highest BCUT2D eigenvalue weighted by Crippen LogP contribution is 2.52. The van der Waals surface area contributed by atoms with Crippen LogP contribution in [0, 0.1) is 17.3 Å². The molecule has 0 aliphatic rings. The zero-order valence-corrected chi connectivity index (χ0v) is 20.4. The van der Waals surface area contributed by atoms with Crippen LogP contribution in [0.4, 0.5) is 5.69 Å². The number of anilines is 1. The van der Waals surface area contributed by atoms with Crippen molar-refractivity contribution >= 4 is 58.8 Å². The highest BCUT2D eigenvalue weighted by Gasteiger charge is 2.35. The van der Waals surface area contributed by atoms with Gasteiger partial charge in [-0.15, -0.1) is 11.3 Å². The first-order valence-electron chi connectivity index (χ1n) is 8.97. The topological polar surface area (TPSA) is 57.6 Å². The van der Waals surface area contributed by atoms with Gasteiger partial charge in [0.1, 0.15) is 4.88 Å². The predicted molar refractivity (Wildman–Crippen MR) is 125 cm³/mol. The number of halogens is 2. The van der Waals surface area contributed by atoms with Gasteiger partial charge in [-0.05, 0) is 58.9 Å². The zero-order chi connectivity index (χ0) is 22.1. The van der Waals surface area contributed by atoms with Crippen molar-refractivity contribution in [1.29, 1.82) is 0 Å². The SMILES string of the molecule is CC(C)N(c1cc(C#CC(C)(C)C)sc1C(=O)O)P(C)(=O)c1ccc(Cl)cc1Cl. The number of carboxylic acid groups (broad SMARTS) is 1. The number of thiophene rings is 1. The van der Waals surface area contributed by atoms with Crippen LogP contribution in [0.25, 0.3) is 0 Å². The second-order valence-electron chi connectivity index (χ2n) is 8.04. The third kappa shape index (κ3) is 5.58. The summed E-state index contributed by atoms with van der Waals surface area (Å²) in [5, 5.41) is 10.9. The Labute approximate surface area is 186 Å². The van der Waals surface area contributed by atoms with Crippen LogP contribution in [-0.4, -0.2) is 23.8 Å². The van der Waals surface area contributed by atoms with Crippen molar-refractivity contribution in [2.45, 2.75) is 40.7 Å². The van der Waals surface area contributed by atoms with Gasteiger partial charge >= 0.3 is 5.97 Å². The molecule has 0 aliphatic heterocycles. The van der Waals surface area contributed by atoms with Gasteiger partial charge in [0.15, 0.2) is 7.29 Å². The lowest BCUT2D eigenvalue weighted by Gasteiger charge is -2.35. The number of carboxylic acids is 1. The molecule has 1 aromatic heterocycles. The van der Waals surface area contributed by atoms with Crippen molar-refractivity contribution in [1.82, 2.24) is 0 Å². The van der Waals surface area contributed by atoms with E-state index in [1.54, 1.807) is 35.6 Å². The maximum atomic E-state index is 14.0. The Balaban J connectivity index is 2.68. The Morgan fingerprint density at radius 2 is 1.86 bits per heavy atom. The average Bonchev–Trinajstić information content (AvgIpc) is 2.95. The quantitative estimate of drug-likeness (QED) is 0.394. The van der Waals surface area contributed by atoms with E-state index in [1.165, 1.54) is 0 Å². The van der Waals surface area contributed by atoms with Crippen LogP contribution >= 0.6 is 41.8 Å². The summed E-state index contributed by atoms with van der Waals surface area (Å²) >= 11 is 13.4. The van der Waals surface area contributed by atoms with Gasteiger partial charge in [-0.2, -0.15) is 0 Å². The Kier molecular flexibility index (Phi) is 7.18. The Bertz CT molecular complexity index is 1040. The molecule has 1 aromatic carbocycles. The first-order valence-corrected chi connectivity index (χ1v) is 12.6. The van der Waals surface area contributed by atoms with Gasteiger partial charge in [0, 0.05) is 28.4 Å². The summed E-state index contributed by atoms with van der Waals surface area (Å²) in [6.07, 6.45) is 0. The van der Waals surface area contributed by atoms with Crippen LogP contribution in [-0.2, 0) is 4.57 Å². The summed E-state index contributed by atoms with van der Waals surface area (Å²) in [6, 6.07) is 6.26. The van der Waals surface area contributed by atoms with Crippen LogP contribution in [0.5, 0.6) is 0 Å². The number of carbonyl (C=O) groups is 1. The van der Waals surface area contributed by atoms with Crippen molar-refractivity contribution < 1.29 is 14.5 Å². The van der Waals surface area contributed by atoms with E-state index in [9.17, 15) is 14.5 Å². The Morgan fingerprint density at radius 3 is 2.34 bits per heavy atom. The molecule has 1 heterocycles. The van der Waals surface area contributed by atoms with Crippen molar-refractivity contribution in [2.75, 3.05) is 11.3 Å². The molecule has 0 radical (unpaired) electrons. The number of aromatic carboxylic acids is 1. The van der Waals surface area contributed by atoms with Crippen LogP contribution in [0.2, 0.25) is 10.0 Å². The van der Waals surface area contributed by atoms with Gasteiger partial charge in [-0.3, -0.25) is 4.57 Å². The normalized spacial score (nSPS) is 13.6. The Hall–Kier alpha value is -1.44. The van der Waals surface area contributed by atoms with Gasteiger partial charge in [0.25, 0.3) is 0 Å². The molecule has 0 bridgehead atoms. The largest absolute Gasteiger partial charge is 0.477 e. The van der Waals surface area contributed by atoms with E-state index in [1.807, 2.05) is 34.6 Å². The minimum Gasteiger partial charge on any atom is -0.477 e. The van der Waals surface area contributed by atoms with E-state index in [4.69, 9.17) is 23.2 Å². The molecule has 0 aliphatic carbocycles. The summed E-state index contributed by atoms with van der Waals surface area (Å²) in [7, 11) is -3.26. The molecular formula is C21H24Cl2NO3PS. The zero-order valence-electron chi connectivity index (χ0n) is 17.2. The first-order chi connectivity index (χ1) is 13.2. The summed E-state index contributed by atoms with van der Waals surface area (Å²) in [6.45, 7) is 11.3. The molecule has 0 fully saturated rings. The van der Waals surface area contributed by atoms with Crippen LogP contribution in [0.15, 0.2) is 24.3 Å². The molecule has 1 unspecified atom stereocenters. The molecule has 0 amide bonds. The predicted octanol–water partition coefficient (Wildman–Crippen LogP) is 6.60. The van der Waals surface area contributed by atoms with Crippen molar-refractivity contribution in [3.63, 3.8) is 0 Å². The minimum atomic E-state index is -3.26. The third-order valence-electron chi connectivity index (χ3n) is 3.97. The second-order valence-corrected chi connectivity index (χ2v) is 12.6. The minimum absolute atomic E-state index is 0.101. The lowest BCUT2D eigenvalue weighted by molar-refractivity contribution is 0.0703. The average molecular weight is 472 g/mol. The highest BCUT2D eigenvalue weighted by atomic mass is 35.5. The molecule has 4 nitrogen and oxygen atoms in total. The molecule has 2 aromatic rings. The molecule has 29 heavy (non-hydrogen) atoms. The molecule has 1 N–H and O–H groups in total. The van der Waals surface area contributed by atoms with Crippen molar-refractivity contribution in [2.24, 2.45) is 5.41 Å². The van der Waals surface area contributed by atoms with E-state index in [2.05, 4.69) is 11.8 Å². The lowest BCUT2D eigenvalue weighted by Crippen LogP contribution is -2.32. The summed E-state index contributed by atoms with van der Waals surface area (Å²) in [4.78, 5) is 12.7. The molecule has 0 spiro atoms. The third-order valence-corrected chi connectivity index (χ3v) is 8.46.